The molecule has 2 aromatic rings. The first-order valence-electron chi connectivity index (χ1n) is 6.42. The summed E-state index contributed by atoms with van der Waals surface area (Å²) in [7, 11) is 0. The smallest absolute Gasteiger partial charge is 0.251 e. The zero-order chi connectivity index (χ0) is 15.2. The Bertz CT molecular complexity index is 760. The van der Waals surface area contributed by atoms with Gasteiger partial charge in [-0.25, -0.2) is 0 Å². The summed E-state index contributed by atoms with van der Waals surface area (Å²) in [6, 6.07) is 3.63. The molecule has 1 aliphatic heterocycles. The first-order valence-corrected chi connectivity index (χ1v) is 7.21. The van der Waals surface area contributed by atoms with Crippen LogP contribution in [0.2, 0.25) is 0 Å². The number of fused-ring (bicyclic) bond motifs is 1. The normalized spacial score (nSPS) is 18.0. The van der Waals surface area contributed by atoms with E-state index in [2.05, 4.69) is 31.2 Å². The van der Waals surface area contributed by atoms with E-state index in [1.807, 2.05) is 6.07 Å². The van der Waals surface area contributed by atoms with Gasteiger partial charge in [-0.05, 0) is 41.9 Å². The van der Waals surface area contributed by atoms with E-state index in [1.165, 1.54) is 0 Å². The summed E-state index contributed by atoms with van der Waals surface area (Å²) in [5.74, 6) is -0.637. The number of nitrogens with zero attached hydrogens (tertiary/aromatic N) is 3. The van der Waals surface area contributed by atoms with Gasteiger partial charge in [-0.1, -0.05) is 0 Å². The van der Waals surface area contributed by atoms with E-state index in [-0.39, 0.29) is 18.4 Å². The third-order valence-electron chi connectivity index (χ3n) is 3.60. The second-order valence-electron chi connectivity index (χ2n) is 5.37. The van der Waals surface area contributed by atoms with Gasteiger partial charge in [0.2, 0.25) is 5.91 Å². The van der Waals surface area contributed by atoms with Crippen molar-refractivity contribution >= 4 is 44.5 Å². The fourth-order valence-electron chi connectivity index (χ4n) is 2.38. The molecule has 108 valence electrons. The summed E-state index contributed by atoms with van der Waals surface area (Å²) in [4.78, 5) is 34.2. The van der Waals surface area contributed by atoms with Crippen molar-refractivity contribution in [1.82, 2.24) is 15.3 Å². The molecule has 0 saturated carbocycles. The zero-order valence-electron chi connectivity index (χ0n) is 11.6. The molecule has 21 heavy (non-hydrogen) atoms. The Morgan fingerprint density at radius 2 is 2.10 bits per heavy atom. The highest BCUT2D eigenvalue weighted by molar-refractivity contribution is 9.10. The Kier molecular flexibility index (Phi) is 3.16. The summed E-state index contributed by atoms with van der Waals surface area (Å²) in [6.07, 6.45) is 3.32. The van der Waals surface area contributed by atoms with Gasteiger partial charge in [0.1, 0.15) is 11.1 Å². The molecule has 1 fully saturated rings. The van der Waals surface area contributed by atoms with Crippen molar-refractivity contribution in [2.45, 2.75) is 19.4 Å². The Balaban J connectivity index is 2.19. The van der Waals surface area contributed by atoms with Crippen LogP contribution in [0, 0.1) is 0 Å². The molecule has 6 nitrogen and oxygen atoms in total. The van der Waals surface area contributed by atoms with Gasteiger partial charge in [-0.2, -0.15) is 0 Å². The minimum Gasteiger partial charge on any atom is -0.346 e. The van der Waals surface area contributed by atoms with Crippen molar-refractivity contribution < 1.29 is 9.59 Å². The number of anilines is 1. The van der Waals surface area contributed by atoms with Crippen molar-refractivity contribution in [3.63, 3.8) is 0 Å². The number of pyridine rings is 2. The molecule has 7 heteroatoms. The number of rotatable bonds is 1. The SMILES string of the molecule is CC1(C)C(=O)NC(=O)CN1c1ccnc2cc(Br)cnc12. The number of hydrogen-bond acceptors (Lipinski definition) is 5. The van der Waals surface area contributed by atoms with Crippen LogP contribution >= 0.6 is 15.9 Å². The number of halogens is 1. The highest BCUT2D eigenvalue weighted by Gasteiger charge is 2.41. The number of imide groups is 1. The van der Waals surface area contributed by atoms with Gasteiger partial charge in [0.05, 0.1) is 17.7 Å². The molecule has 1 aliphatic rings. The monoisotopic (exact) mass is 348 g/mol. The van der Waals surface area contributed by atoms with E-state index in [0.29, 0.717) is 11.0 Å². The van der Waals surface area contributed by atoms with E-state index in [9.17, 15) is 9.59 Å². The number of amides is 2. The van der Waals surface area contributed by atoms with Crippen LogP contribution in [0.5, 0.6) is 0 Å². The lowest BCUT2D eigenvalue weighted by molar-refractivity contribution is -0.135. The maximum absolute atomic E-state index is 12.1. The topological polar surface area (TPSA) is 75.2 Å². The van der Waals surface area contributed by atoms with Gasteiger partial charge in [-0.3, -0.25) is 24.9 Å². The molecule has 0 aliphatic carbocycles. The van der Waals surface area contributed by atoms with Crippen LogP contribution in [-0.4, -0.2) is 33.9 Å². The molecule has 0 unspecified atom stereocenters. The molecule has 3 rings (SSSR count). The molecule has 1 saturated heterocycles. The zero-order valence-corrected chi connectivity index (χ0v) is 13.1. The van der Waals surface area contributed by atoms with Crippen LogP contribution in [-0.2, 0) is 9.59 Å². The van der Waals surface area contributed by atoms with Gasteiger partial charge < -0.3 is 4.90 Å². The Labute approximate surface area is 129 Å². The molecular formula is C14H13BrN4O2. The van der Waals surface area contributed by atoms with Crippen molar-refractivity contribution in [2.75, 3.05) is 11.4 Å². The van der Waals surface area contributed by atoms with E-state index in [4.69, 9.17) is 0 Å². The lowest BCUT2D eigenvalue weighted by Crippen LogP contribution is -2.64. The standard InChI is InChI=1S/C14H13BrN4O2/c1-14(2)13(21)18-11(20)7-19(14)10-3-4-16-9-5-8(15)6-17-12(9)10/h3-6H,7H2,1-2H3,(H,18,20,21). The van der Waals surface area contributed by atoms with E-state index in [1.54, 1.807) is 37.2 Å². The first-order chi connectivity index (χ1) is 9.89. The van der Waals surface area contributed by atoms with Crippen LogP contribution < -0.4 is 10.2 Å². The lowest BCUT2D eigenvalue weighted by Gasteiger charge is -2.41. The van der Waals surface area contributed by atoms with Crippen molar-refractivity contribution in [1.29, 1.82) is 0 Å². The summed E-state index contributed by atoms with van der Waals surface area (Å²) < 4.78 is 0.825. The van der Waals surface area contributed by atoms with E-state index >= 15 is 0 Å². The van der Waals surface area contributed by atoms with E-state index < -0.39 is 5.54 Å². The molecule has 3 heterocycles. The van der Waals surface area contributed by atoms with Crippen LogP contribution in [0.3, 0.4) is 0 Å². The highest BCUT2D eigenvalue weighted by atomic mass is 79.9. The third-order valence-corrected chi connectivity index (χ3v) is 4.03. The first kappa shape index (κ1) is 13.9. The molecule has 0 spiro atoms. The third kappa shape index (κ3) is 2.27. The molecule has 2 amide bonds. The van der Waals surface area contributed by atoms with Gasteiger partial charge in [0, 0.05) is 16.9 Å². The van der Waals surface area contributed by atoms with Gasteiger partial charge in [0.25, 0.3) is 5.91 Å². The van der Waals surface area contributed by atoms with Crippen LogP contribution in [0.1, 0.15) is 13.8 Å². The molecule has 0 aromatic carbocycles. The second-order valence-corrected chi connectivity index (χ2v) is 6.29. The largest absolute Gasteiger partial charge is 0.346 e. The van der Waals surface area contributed by atoms with Crippen molar-refractivity contribution in [2.24, 2.45) is 0 Å². The van der Waals surface area contributed by atoms with Crippen LogP contribution in [0.4, 0.5) is 5.69 Å². The maximum Gasteiger partial charge on any atom is 0.251 e. The number of nitrogens with one attached hydrogen (secondary N) is 1. The quantitative estimate of drug-likeness (QED) is 0.792. The molecule has 1 N–H and O–H groups in total. The number of carbonyl (C=O) groups excluding carboxylic acids is 2. The average Bonchev–Trinajstić information content (AvgIpc) is 2.42. The van der Waals surface area contributed by atoms with E-state index in [0.717, 1.165) is 10.2 Å². The molecule has 2 aromatic heterocycles. The summed E-state index contributed by atoms with van der Waals surface area (Å²) >= 11 is 3.36. The van der Waals surface area contributed by atoms with Gasteiger partial charge in [-0.15, -0.1) is 0 Å². The minimum absolute atomic E-state index is 0.107. The summed E-state index contributed by atoms with van der Waals surface area (Å²) in [5.41, 5.74) is 1.25. The fourth-order valence-corrected chi connectivity index (χ4v) is 2.70. The fraction of sp³-hybridized carbons (Fsp3) is 0.286. The van der Waals surface area contributed by atoms with Gasteiger partial charge in [0.15, 0.2) is 0 Å². The Morgan fingerprint density at radius 1 is 1.33 bits per heavy atom. The molecule has 0 radical (unpaired) electrons. The Hall–Kier alpha value is -2.02. The molecular weight excluding hydrogens is 336 g/mol. The lowest BCUT2D eigenvalue weighted by atomic mass is 9.97. The molecule has 0 bridgehead atoms. The van der Waals surface area contributed by atoms with Crippen molar-refractivity contribution in [3.8, 4) is 0 Å². The van der Waals surface area contributed by atoms with Crippen LogP contribution in [0.15, 0.2) is 29.0 Å². The summed E-state index contributed by atoms with van der Waals surface area (Å²) in [5, 5.41) is 2.36. The predicted octanol–water partition coefficient (Wildman–Crippen LogP) is 1.63. The van der Waals surface area contributed by atoms with Gasteiger partial charge >= 0.3 is 0 Å². The predicted molar refractivity (Wildman–Crippen MR) is 81.8 cm³/mol. The molecule has 0 atom stereocenters. The minimum atomic E-state index is -0.836. The number of aromatic nitrogens is 2. The average molecular weight is 349 g/mol. The highest BCUT2D eigenvalue weighted by Crippen LogP contribution is 2.31. The van der Waals surface area contributed by atoms with Crippen molar-refractivity contribution in [3.05, 3.63) is 29.0 Å². The number of piperazine rings is 1. The maximum atomic E-state index is 12.1. The Morgan fingerprint density at radius 3 is 2.86 bits per heavy atom. The number of carbonyl (C=O) groups is 2. The summed E-state index contributed by atoms with van der Waals surface area (Å²) in [6.45, 7) is 3.66. The number of hydrogen-bond donors (Lipinski definition) is 1. The van der Waals surface area contributed by atoms with Crippen LogP contribution in [0.25, 0.3) is 11.0 Å². The second kappa shape index (κ2) is 4.77.